The minimum atomic E-state index is -0.642. The second-order valence-corrected chi connectivity index (χ2v) is 9.95. The van der Waals surface area contributed by atoms with E-state index in [1.54, 1.807) is 0 Å². The minimum Gasteiger partial charge on any atom is -0.374 e. The lowest BCUT2D eigenvalue weighted by Gasteiger charge is -2.30. The highest BCUT2D eigenvalue weighted by Crippen LogP contribution is 2.43. The highest BCUT2D eigenvalue weighted by Gasteiger charge is 2.34. The monoisotopic (exact) mass is 430 g/mol. The van der Waals surface area contributed by atoms with Crippen LogP contribution in [0.4, 0.5) is 5.69 Å². The molecule has 0 spiro atoms. The Morgan fingerprint density at radius 3 is 2.53 bits per heavy atom. The van der Waals surface area contributed by atoms with Crippen molar-refractivity contribution in [3.8, 4) is 0 Å². The zero-order valence-corrected chi connectivity index (χ0v) is 19.2. The van der Waals surface area contributed by atoms with E-state index in [1.807, 2.05) is 25.1 Å². The number of hydrogen-bond donors (Lipinski definition) is 2. The van der Waals surface area contributed by atoms with Gasteiger partial charge in [-0.15, -0.1) is 10.2 Å². The molecule has 1 unspecified atom stereocenters. The predicted molar refractivity (Wildman–Crippen MR) is 122 cm³/mol. The summed E-state index contributed by atoms with van der Waals surface area (Å²) in [5.74, 6) is 4.40. The van der Waals surface area contributed by atoms with Crippen LogP contribution in [0.5, 0.6) is 0 Å². The van der Waals surface area contributed by atoms with Crippen molar-refractivity contribution in [1.29, 1.82) is 0 Å². The third-order valence-electron chi connectivity index (χ3n) is 7.02. The molecule has 2 aliphatic carbocycles. The first-order valence-electron chi connectivity index (χ1n) is 11.6. The molecular weight excluding hydrogens is 396 g/mol. The molecule has 2 aromatic rings. The van der Waals surface area contributed by atoms with E-state index in [2.05, 4.69) is 33.9 Å². The second-order valence-electron chi connectivity index (χ2n) is 9.54. The average molecular weight is 431 g/mol. The van der Waals surface area contributed by atoms with Crippen molar-refractivity contribution in [2.45, 2.75) is 90.3 Å². The van der Waals surface area contributed by atoms with Crippen molar-refractivity contribution in [3.05, 3.63) is 40.4 Å². The van der Waals surface area contributed by atoms with E-state index < -0.39 is 6.23 Å². The Balaban J connectivity index is 1.40. The molecule has 30 heavy (non-hydrogen) atoms. The molecule has 2 saturated carbocycles. The number of rotatable bonds is 8. The maximum absolute atomic E-state index is 10.5. The topological polar surface area (TPSA) is 63.0 Å². The summed E-state index contributed by atoms with van der Waals surface area (Å²) < 4.78 is 2.41. The molecule has 6 heteroatoms. The fourth-order valence-electron chi connectivity index (χ4n) is 4.84. The molecule has 5 nitrogen and oxygen atoms in total. The molecule has 0 radical (unpaired) electrons. The van der Waals surface area contributed by atoms with E-state index in [-0.39, 0.29) is 0 Å². The van der Waals surface area contributed by atoms with E-state index in [0.717, 1.165) is 35.3 Å². The lowest BCUT2D eigenvalue weighted by atomic mass is 9.76. The molecule has 2 aliphatic rings. The van der Waals surface area contributed by atoms with Gasteiger partial charge < -0.3 is 15.0 Å². The van der Waals surface area contributed by atoms with Crippen LogP contribution in [0.3, 0.4) is 0 Å². The summed E-state index contributed by atoms with van der Waals surface area (Å²) in [7, 11) is 0. The number of nitrogens with one attached hydrogen (secondary N) is 1. The first-order valence-corrected chi connectivity index (χ1v) is 11.9. The summed E-state index contributed by atoms with van der Waals surface area (Å²) in [6, 6.07) is 6.27. The number of halogens is 1. The molecule has 0 bridgehead atoms. The fraction of sp³-hybridized carbons (Fsp3) is 0.667. The zero-order chi connectivity index (χ0) is 21.3. The van der Waals surface area contributed by atoms with E-state index in [9.17, 15) is 5.11 Å². The van der Waals surface area contributed by atoms with E-state index in [0.29, 0.717) is 23.4 Å². The molecule has 0 aliphatic heterocycles. The van der Waals surface area contributed by atoms with Crippen molar-refractivity contribution < 1.29 is 5.11 Å². The van der Waals surface area contributed by atoms with E-state index in [1.165, 1.54) is 44.3 Å². The summed E-state index contributed by atoms with van der Waals surface area (Å²) >= 11 is 6.19. The van der Waals surface area contributed by atoms with Crippen molar-refractivity contribution in [2.75, 3.05) is 5.32 Å². The fourth-order valence-corrected chi connectivity index (χ4v) is 5.02. The van der Waals surface area contributed by atoms with Crippen LogP contribution < -0.4 is 5.32 Å². The average Bonchev–Trinajstić information content (AvgIpc) is 3.49. The Labute approximate surface area is 185 Å². The Morgan fingerprint density at radius 2 is 1.87 bits per heavy atom. The van der Waals surface area contributed by atoms with Gasteiger partial charge in [-0.25, -0.2) is 0 Å². The lowest BCUT2D eigenvalue weighted by molar-refractivity contribution is 0.192. The predicted octanol–water partition coefficient (Wildman–Crippen LogP) is 5.87. The van der Waals surface area contributed by atoms with Crippen molar-refractivity contribution in [3.63, 3.8) is 0 Å². The van der Waals surface area contributed by atoms with Gasteiger partial charge in [-0.05, 0) is 81.4 Å². The molecule has 2 N–H and O–H groups in total. The van der Waals surface area contributed by atoms with Crippen LogP contribution in [-0.4, -0.2) is 26.1 Å². The van der Waals surface area contributed by atoms with Gasteiger partial charge in [0.05, 0.1) is 0 Å². The van der Waals surface area contributed by atoms with E-state index in [4.69, 9.17) is 11.6 Å². The van der Waals surface area contributed by atoms with Gasteiger partial charge in [-0.3, -0.25) is 0 Å². The van der Waals surface area contributed by atoms with Gasteiger partial charge in [-0.2, -0.15) is 0 Å². The maximum Gasteiger partial charge on any atom is 0.136 e. The molecular formula is C24H35ClN4O. The van der Waals surface area contributed by atoms with Gasteiger partial charge in [0.25, 0.3) is 0 Å². The molecule has 1 atom stereocenters. The largest absolute Gasteiger partial charge is 0.374 e. The normalized spacial score (nSPS) is 23.0. The quantitative estimate of drug-likeness (QED) is 0.514. The van der Waals surface area contributed by atoms with Crippen molar-refractivity contribution in [2.24, 2.45) is 11.8 Å². The maximum atomic E-state index is 10.5. The highest BCUT2D eigenvalue weighted by atomic mass is 35.5. The van der Waals surface area contributed by atoms with Gasteiger partial charge in [0, 0.05) is 29.1 Å². The van der Waals surface area contributed by atoms with Gasteiger partial charge in [0.15, 0.2) is 0 Å². The van der Waals surface area contributed by atoms with Crippen LogP contribution >= 0.6 is 11.6 Å². The smallest absolute Gasteiger partial charge is 0.136 e. The first kappa shape index (κ1) is 21.6. The molecule has 0 saturated heterocycles. The molecule has 1 aromatic heterocycles. The van der Waals surface area contributed by atoms with Gasteiger partial charge in [0.2, 0.25) is 0 Å². The Bertz CT molecular complexity index is 853. The molecule has 164 valence electrons. The molecule has 1 aromatic carbocycles. The van der Waals surface area contributed by atoms with Crippen LogP contribution in [0.15, 0.2) is 18.2 Å². The van der Waals surface area contributed by atoms with Crippen LogP contribution in [0, 0.1) is 18.8 Å². The van der Waals surface area contributed by atoms with Crippen molar-refractivity contribution in [1.82, 2.24) is 14.8 Å². The minimum absolute atomic E-state index is 0.541. The van der Waals surface area contributed by atoms with E-state index >= 15 is 0 Å². The van der Waals surface area contributed by atoms with Crippen LogP contribution in [0.1, 0.15) is 88.0 Å². The summed E-state index contributed by atoms with van der Waals surface area (Å²) in [4.78, 5) is 0. The summed E-state index contributed by atoms with van der Waals surface area (Å²) in [6.07, 6.45) is 8.18. The van der Waals surface area contributed by atoms with Gasteiger partial charge >= 0.3 is 0 Å². The molecule has 2 fully saturated rings. The summed E-state index contributed by atoms with van der Waals surface area (Å²) in [5.41, 5.74) is 1.83. The number of aromatic nitrogens is 3. The van der Waals surface area contributed by atoms with Crippen LogP contribution in [-0.2, 0) is 6.42 Å². The molecule has 0 amide bonds. The number of aliphatic hydroxyl groups is 1. The van der Waals surface area contributed by atoms with Crippen molar-refractivity contribution >= 4 is 17.3 Å². The van der Waals surface area contributed by atoms with Gasteiger partial charge in [-0.1, -0.05) is 31.5 Å². The summed E-state index contributed by atoms with van der Waals surface area (Å²) in [5, 5.41) is 23.7. The lowest BCUT2D eigenvalue weighted by Crippen LogP contribution is -2.22. The number of benzene rings is 1. The Kier molecular flexibility index (Phi) is 6.69. The standard InChI is InChI=1S/C24H35ClN4O/c1-15(2)17-7-9-18(10-8-17)24-28-27-22(29(24)19-11-12-19)13-14-23(30)26-21-6-4-5-20(25)16(21)3/h4-6,15,17-19,23,26,30H,7-14H2,1-3H3. The zero-order valence-electron chi connectivity index (χ0n) is 18.4. The van der Waals surface area contributed by atoms with Crippen LogP contribution in [0.25, 0.3) is 0 Å². The number of hydrogen-bond acceptors (Lipinski definition) is 4. The number of anilines is 1. The third kappa shape index (κ3) is 4.83. The number of aryl methyl sites for hydroxylation is 1. The van der Waals surface area contributed by atoms with Crippen LogP contribution in [0.2, 0.25) is 5.02 Å². The number of nitrogens with zero attached hydrogens (tertiary/aromatic N) is 3. The Morgan fingerprint density at radius 1 is 1.13 bits per heavy atom. The first-order chi connectivity index (χ1) is 14.4. The highest BCUT2D eigenvalue weighted by molar-refractivity contribution is 6.31. The Hall–Kier alpha value is -1.59. The SMILES string of the molecule is Cc1c(Cl)cccc1NC(O)CCc1nnc(C2CCC(C(C)C)CC2)n1C1CC1. The number of aliphatic hydroxyl groups excluding tert-OH is 1. The van der Waals surface area contributed by atoms with Gasteiger partial charge in [0.1, 0.15) is 17.9 Å². The molecule has 4 rings (SSSR count). The molecule has 1 heterocycles. The second kappa shape index (κ2) is 9.27. The third-order valence-corrected chi connectivity index (χ3v) is 7.43. The summed E-state index contributed by atoms with van der Waals surface area (Å²) in [6.45, 7) is 6.65.